The van der Waals surface area contributed by atoms with E-state index in [0.717, 1.165) is 39.5 Å². The van der Waals surface area contributed by atoms with Gasteiger partial charge in [-0.3, -0.25) is 19.8 Å². The minimum absolute atomic E-state index is 0.187. The lowest BCUT2D eigenvalue weighted by molar-refractivity contribution is -0.118. The second-order valence-electron chi connectivity index (χ2n) is 8.11. The minimum Gasteiger partial charge on any atom is -0.378 e. The number of rotatable bonds is 8. The van der Waals surface area contributed by atoms with Crippen LogP contribution in [0.1, 0.15) is 58.6 Å². The van der Waals surface area contributed by atoms with Crippen LogP contribution in [0.15, 0.2) is 59.7 Å². The van der Waals surface area contributed by atoms with Crippen molar-refractivity contribution in [1.82, 2.24) is 9.97 Å². The Morgan fingerprint density at radius 3 is 2.71 bits per heavy atom. The number of ether oxygens (including phenoxy) is 1. The maximum Gasteiger partial charge on any atom is 0.139 e. The largest absolute Gasteiger partial charge is 0.378 e. The van der Waals surface area contributed by atoms with Gasteiger partial charge in [-0.05, 0) is 42.2 Å². The first-order valence-electron chi connectivity index (χ1n) is 10.6. The molecular formula is C26H27N3O2. The van der Waals surface area contributed by atoms with Crippen LogP contribution in [-0.4, -0.2) is 28.6 Å². The van der Waals surface area contributed by atoms with Gasteiger partial charge >= 0.3 is 0 Å². The zero-order valence-electron chi connectivity index (χ0n) is 18.3. The lowest BCUT2D eigenvalue weighted by Crippen LogP contribution is -2.13. The van der Waals surface area contributed by atoms with Crippen molar-refractivity contribution >= 4 is 11.5 Å². The molecule has 3 aromatic rings. The Bertz CT molecular complexity index is 1120. The van der Waals surface area contributed by atoms with Crippen molar-refractivity contribution in [3.8, 4) is 0 Å². The summed E-state index contributed by atoms with van der Waals surface area (Å²) in [4.78, 5) is 26.7. The Labute approximate surface area is 183 Å². The molecular weight excluding hydrogens is 386 g/mol. The molecule has 2 aromatic heterocycles. The number of benzene rings is 1. The molecule has 5 nitrogen and oxygen atoms in total. The number of aryl methyl sites for hydroxylation is 1. The average Bonchev–Trinajstić information content (AvgIpc) is 3.19. The van der Waals surface area contributed by atoms with Gasteiger partial charge in [-0.25, -0.2) is 0 Å². The Kier molecular flexibility index (Phi) is 6.33. The summed E-state index contributed by atoms with van der Waals surface area (Å²) in [6.45, 7) is 5.04. The van der Waals surface area contributed by atoms with E-state index >= 15 is 0 Å². The van der Waals surface area contributed by atoms with Crippen LogP contribution >= 0.6 is 0 Å². The second kappa shape index (κ2) is 9.31. The zero-order valence-corrected chi connectivity index (χ0v) is 18.3. The smallest absolute Gasteiger partial charge is 0.139 e. The first-order chi connectivity index (χ1) is 15.0. The summed E-state index contributed by atoms with van der Waals surface area (Å²) in [6, 6.07) is 16.2. The summed E-state index contributed by atoms with van der Waals surface area (Å²) in [7, 11) is 1.66. The van der Waals surface area contributed by atoms with E-state index in [1.165, 1.54) is 5.56 Å². The summed E-state index contributed by atoms with van der Waals surface area (Å²) < 4.78 is 5.43. The number of fused-ring (bicyclic) bond motifs is 1. The van der Waals surface area contributed by atoms with Crippen LogP contribution < -0.4 is 0 Å². The normalized spacial score (nSPS) is 13.6. The van der Waals surface area contributed by atoms with Crippen molar-refractivity contribution in [1.29, 1.82) is 0 Å². The predicted octanol–water partition coefficient (Wildman–Crippen LogP) is 4.59. The Balaban J connectivity index is 1.56. The van der Waals surface area contributed by atoms with Crippen LogP contribution in [0.4, 0.5) is 0 Å². The van der Waals surface area contributed by atoms with Gasteiger partial charge in [-0.2, -0.15) is 0 Å². The lowest BCUT2D eigenvalue weighted by Gasteiger charge is -2.14. The highest BCUT2D eigenvalue weighted by Gasteiger charge is 2.24. The third-order valence-corrected chi connectivity index (χ3v) is 5.61. The third kappa shape index (κ3) is 4.78. The molecule has 0 aliphatic carbocycles. The number of hydrogen-bond donors (Lipinski definition) is 0. The highest BCUT2D eigenvalue weighted by atomic mass is 16.5. The third-order valence-electron chi connectivity index (χ3n) is 5.61. The number of carbonyl (C=O) groups is 1. The lowest BCUT2D eigenvalue weighted by atomic mass is 9.93. The molecule has 1 aromatic carbocycles. The van der Waals surface area contributed by atoms with E-state index in [1.54, 1.807) is 13.3 Å². The van der Waals surface area contributed by atoms with Crippen LogP contribution in [0, 0.1) is 6.92 Å². The van der Waals surface area contributed by atoms with Crippen molar-refractivity contribution < 1.29 is 9.53 Å². The van der Waals surface area contributed by atoms with Gasteiger partial charge in [0.25, 0.3) is 0 Å². The molecule has 0 N–H and O–H groups in total. The molecule has 1 aliphatic heterocycles. The van der Waals surface area contributed by atoms with Gasteiger partial charge < -0.3 is 4.74 Å². The quantitative estimate of drug-likeness (QED) is 0.542. The molecule has 0 fully saturated rings. The van der Waals surface area contributed by atoms with E-state index in [9.17, 15) is 4.79 Å². The molecule has 0 bridgehead atoms. The molecule has 0 amide bonds. The van der Waals surface area contributed by atoms with Gasteiger partial charge in [0.05, 0.1) is 24.6 Å². The topological polar surface area (TPSA) is 64.4 Å². The number of Topliss-reactive ketones (excluding diaryl/α,β-unsaturated/α-hetero) is 1. The second-order valence-corrected chi connectivity index (χ2v) is 8.11. The van der Waals surface area contributed by atoms with Crippen LogP contribution in [-0.2, 0) is 29.1 Å². The highest BCUT2D eigenvalue weighted by Crippen LogP contribution is 2.28. The molecule has 0 radical (unpaired) electrons. The molecule has 31 heavy (non-hydrogen) atoms. The van der Waals surface area contributed by atoms with Gasteiger partial charge in [0.15, 0.2) is 0 Å². The van der Waals surface area contributed by atoms with Gasteiger partial charge in [-0.15, -0.1) is 0 Å². The molecule has 0 saturated heterocycles. The number of nitrogens with zero attached hydrogens (tertiary/aromatic N) is 3. The molecule has 0 spiro atoms. The summed E-state index contributed by atoms with van der Waals surface area (Å²) in [6.07, 6.45) is 2.63. The maximum absolute atomic E-state index is 12.8. The number of aliphatic imine (C=N–C) groups is 1. The summed E-state index contributed by atoms with van der Waals surface area (Å²) in [5.41, 5.74) is 7.85. The van der Waals surface area contributed by atoms with E-state index in [2.05, 4.69) is 24.0 Å². The molecule has 158 valence electrons. The number of methoxy groups -OCH3 is 1. The summed E-state index contributed by atoms with van der Waals surface area (Å²) in [5, 5.41) is 0. The molecule has 4 rings (SSSR count). The molecule has 1 aliphatic rings. The van der Waals surface area contributed by atoms with E-state index in [4.69, 9.17) is 14.7 Å². The van der Waals surface area contributed by atoms with Crippen LogP contribution in [0.2, 0.25) is 0 Å². The Hall–Kier alpha value is -3.18. The number of hydrogen-bond acceptors (Lipinski definition) is 5. The van der Waals surface area contributed by atoms with Gasteiger partial charge in [-0.1, -0.05) is 37.3 Å². The van der Waals surface area contributed by atoms with Crippen LogP contribution in [0.3, 0.4) is 0 Å². The van der Waals surface area contributed by atoms with Gasteiger partial charge in [0, 0.05) is 48.7 Å². The summed E-state index contributed by atoms with van der Waals surface area (Å²) in [5.74, 6) is 0.377. The van der Waals surface area contributed by atoms with E-state index in [-0.39, 0.29) is 11.7 Å². The SMILES string of the molecule is COCc1nc(CC(=O)C[C@H](C)c2ccccc2)cc2c1C(c1ccnc(C)c1)=NC2. The fourth-order valence-corrected chi connectivity index (χ4v) is 4.15. The Morgan fingerprint density at radius 2 is 1.97 bits per heavy atom. The van der Waals surface area contributed by atoms with Crippen molar-refractivity contribution in [3.05, 3.63) is 94.1 Å². The molecule has 0 unspecified atom stereocenters. The van der Waals surface area contributed by atoms with E-state index in [0.29, 0.717) is 26.0 Å². The molecule has 0 saturated carbocycles. The minimum atomic E-state index is 0.187. The predicted molar refractivity (Wildman–Crippen MR) is 121 cm³/mol. The van der Waals surface area contributed by atoms with E-state index < -0.39 is 0 Å². The summed E-state index contributed by atoms with van der Waals surface area (Å²) >= 11 is 0. The first-order valence-corrected chi connectivity index (χ1v) is 10.6. The van der Waals surface area contributed by atoms with Crippen molar-refractivity contribution in [2.75, 3.05) is 7.11 Å². The maximum atomic E-state index is 12.8. The van der Waals surface area contributed by atoms with Gasteiger partial charge in [0.1, 0.15) is 5.78 Å². The highest BCUT2D eigenvalue weighted by molar-refractivity contribution is 6.15. The first kappa shape index (κ1) is 21.1. The fourth-order valence-electron chi connectivity index (χ4n) is 4.15. The number of ketones is 1. The molecule has 3 heterocycles. The van der Waals surface area contributed by atoms with Crippen molar-refractivity contribution in [2.45, 2.75) is 45.8 Å². The standard InChI is InChI=1S/C26H27N3O2/c1-17(19-7-5-4-6-8-19)11-23(30)14-22-13-21-15-28-26(20-9-10-27-18(2)12-20)25(21)24(29-22)16-31-3/h4-10,12-13,17H,11,14-16H2,1-3H3/t17-/m0/s1. The Morgan fingerprint density at radius 1 is 1.16 bits per heavy atom. The van der Waals surface area contributed by atoms with Crippen molar-refractivity contribution in [2.24, 2.45) is 4.99 Å². The molecule has 5 heteroatoms. The van der Waals surface area contributed by atoms with E-state index in [1.807, 2.05) is 43.3 Å². The van der Waals surface area contributed by atoms with Crippen molar-refractivity contribution in [3.63, 3.8) is 0 Å². The fraction of sp³-hybridized carbons (Fsp3) is 0.308. The monoisotopic (exact) mass is 413 g/mol. The number of carbonyl (C=O) groups excluding carboxylic acids is 1. The number of pyridine rings is 2. The van der Waals surface area contributed by atoms with Gasteiger partial charge in [0.2, 0.25) is 0 Å². The zero-order chi connectivity index (χ0) is 21.8. The number of aromatic nitrogens is 2. The van der Waals surface area contributed by atoms with Crippen LogP contribution in [0.5, 0.6) is 0 Å². The molecule has 1 atom stereocenters. The van der Waals surface area contributed by atoms with Crippen LogP contribution in [0.25, 0.3) is 0 Å². The average molecular weight is 414 g/mol.